The highest BCUT2D eigenvalue weighted by Crippen LogP contribution is 2.21. The molecule has 4 heteroatoms. The number of amides is 1. The summed E-state index contributed by atoms with van der Waals surface area (Å²) >= 11 is 0. The number of hydrogen-bond acceptors (Lipinski definition) is 2. The molecule has 0 aromatic heterocycles. The zero-order chi connectivity index (χ0) is 19.8. The summed E-state index contributed by atoms with van der Waals surface area (Å²) in [5, 5.41) is 13.0. The first-order chi connectivity index (χ1) is 13.6. The van der Waals surface area contributed by atoms with Crippen molar-refractivity contribution in [1.82, 2.24) is 5.32 Å². The highest BCUT2D eigenvalue weighted by molar-refractivity contribution is 5.88. The van der Waals surface area contributed by atoms with Gasteiger partial charge in [0.05, 0.1) is 6.42 Å². The number of carboxylic acid groups (broad SMARTS) is 1. The third-order valence-corrected chi connectivity index (χ3v) is 4.69. The molecule has 142 valence electrons. The van der Waals surface area contributed by atoms with Crippen LogP contribution in [0.15, 0.2) is 91.0 Å². The van der Waals surface area contributed by atoms with E-state index in [4.69, 9.17) is 0 Å². The van der Waals surface area contributed by atoms with Crippen molar-refractivity contribution < 1.29 is 14.7 Å². The maximum absolute atomic E-state index is 12.7. The van der Waals surface area contributed by atoms with Crippen LogP contribution >= 0.6 is 0 Å². The van der Waals surface area contributed by atoms with Gasteiger partial charge in [0.25, 0.3) is 0 Å². The molecule has 0 radical (unpaired) electrons. The van der Waals surface area contributed by atoms with Gasteiger partial charge in [-0.05, 0) is 16.7 Å². The minimum atomic E-state index is -1.42. The van der Waals surface area contributed by atoms with Crippen molar-refractivity contribution in [2.45, 2.75) is 24.8 Å². The van der Waals surface area contributed by atoms with E-state index in [1.165, 1.54) is 0 Å². The zero-order valence-corrected chi connectivity index (χ0v) is 15.5. The van der Waals surface area contributed by atoms with Crippen LogP contribution in [0.3, 0.4) is 0 Å². The van der Waals surface area contributed by atoms with Gasteiger partial charge in [-0.3, -0.25) is 4.79 Å². The third-order valence-electron chi connectivity index (χ3n) is 4.69. The summed E-state index contributed by atoms with van der Waals surface area (Å²) in [6.45, 7) is 0. The van der Waals surface area contributed by atoms with Crippen molar-refractivity contribution in [3.63, 3.8) is 0 Å². The summed E-state index contributed by atoms with van der Waals surface area (Å²) in [5.74, 6) is -1.35. The fraction of sp³-hybridized carbons (Fsp3) is 0.167. The molecule has 0 spiro atoms. The van der Waals surface area contributed by atoms with Crippen LogP contribution in [-0.2, 0) is 28.9 Å². The molecule has 0 bridgehead atoms. The van der Waals surface area contributed by atoms with Gasteiger partial charge in [0.1, 0.15) is 5.54 Å². The fourth-order valence-corrected chi connectivity index (χ4v) is 3.34. The lowest BCUT2D eigenvalue weighted by atomic mass is 9.84. The van der Waals surface area contributed by atoms with Crippen LogP contribution in [-0.4, -0.2) is 22.5 Å². The second-order valence-electron chi connectivity index (χ2n) is 6.92. The quantitative estimate of drug-likeness (QED) is 0.633. The van der Waals surface area contributed by atoms with E-state index < -0.39 is 11.5 Å². The summed E-state index contributed by atoms with van der Waals surface area (Å²) in [6, 6.07) is 28.1. The van der Waals surface area contributed by atoms with E-state index in [1.807, 2.05) is 91.0 Å². The molecule has 0 aliphatic rings. The Labute approximate surface area is 164 Å². The SMILES string of the molecule is O=C(Cc1ccccc1)NC(Cc1ccccc1)(Cc1ccccc1)C(=O)O. The zero-order valence-electron chi connectivity index (χ0n) is 15.5. The number of hydrogen-bond donors (Lipinski definition) is 2. The minimum Gasteiger partial charge on any atom is -0.479 e. The Morgan fingerprint density at radius 3 is 1.46 bits per heavy atom. The lowest BCUT2D eigenvalue weighted by molar-refractivity contribution is -0.147. The van der Waals surface area contributed by atoms with E-state index in [0.717, 1.165) is 16.7 Å². The smallest absolute Gasteiger partial charge is 0.330 e. The molecule has 0 heterocycles. The number of carbonyl (C=O) groups is 2. The largest absolute Gasteiger partial charge is 0.479 e. The Morgan fingerprint density at radius 1 is 0.679 bits per heavy atom. The van der Waals surface area contributed by atoms with E-state index in [-0.39, 0.29) is 25.2 Å². The number of carboxylic acids is 1. The van der Waals surface area contributed by atoms with Crippen LogP contribution in [0.2, 0.25) is 0 Å². The van der Waals surface area contributed by atoms with Crippen molar-refractivity contribution in [2.24, 2.45) is 0 Å². The maximum atomic E-state index is 12.7. The van der Waals surface area contributed by atoms with Gasteiger partial charge in [0.15, 0.2) is 0 Å². The Bertz CT molecular complexity index is 867. The van der Waals surface area contributed by atoms with Crippen LogP contribution in [0.25, 0.3) is 0 Å². The lowest BCUT2D eigenvalue weighted by Crippen LogP contribution is -2.58. The second kappa shape index (κ2) is 9.00. The van der Waals surface area contributed by atoms with Gasteiger partial charge < -0.3 is 10.4 Å². The first-order valence-corrected chi connectivity index (χ1v) is 9.24. The van der Waals surface area contributed by atoms with Gasteiger partial charge in [-0.1, -0.05) is 91.0 Å². The molecule has 3 aromatic rings. The van der Waals surface area contributed by atoms with Gasteiger partial charge in [-0.15, -0.1) is 0 Å². The molecule has 0 saturated carbocycles. The molecule has 0 atom stereocenters. The Balaban J connectivity index is 1.89. The topological polar surface area (TPSA) is 66.4 Å². The Hall–Kier alpha value is -3.40. The van der Waals surface area contributed by atoms with Crippen LogP contribution in [0.5, 0.6) is 0 Å². The monoisotopic (exact) mass is 373 g/mol. The lowest BCUT2D eigenvalue weighted by Gasteiger charge is -2.31. The van der Waals surface area contributed by atoms with Crippen LogP contribution in [0.4, 0.5) is 0 Å². The van der Waals surface area contributed by atoms with Gasteiger partial charge in [-0.25, -0.2) is 4.79 Å². The summed E-state index contributed by atoms with van der Waals surface area (Å²) < 4.78 is 0. The van der Waals surface area contributed by atoms with E-state index in [0.29, 0.717) is 0 Å². The first-order valence-electron chi connectivity index (χ1n) is 9.24. The summed E-state index contributed by atoms with van der Waals surface area (Å²) in [4.78, 5) is 25.1. The van der Waals surface area contributed by atoms with Crippen molar-refractivity contribution in [2.75, 3.05) is 0 Å². The van der Waals surface area contributed by atoms with E-state index >= 15 is 0 Å². The van der Waals surface area contributed by atoms with Gasteiger partial charge in [0, 0.05) is 12.8 Å². The first kappa shape index (κ1) is 19.4. The predicted octanol–water partition coefficient (Wildman–Crippen LogP) is 3.65. The van der Waals surface area contributed by atoms with E-state index in [1.54, 1.807) is 0 Å². The minimum absolute atomic E-state index is 0.138. The van der Waals surface area contributed by atoms with Crippen molar-refractivity contribution in [1.29, 1.82) is 0 Å². The summed E-state index contributed by atoms with van der Waals surface area (Å²) in [7, 11) is 0. The molecule has 1 amide bonds. The molecule has 0 aliphatic carbocycles. The molecule has 0 fully saturated rings. The molecule has 4 nitrogen and oxygen atoms in total. The van der Waals surface area contributed by atoms with E-state index in [9.17, 15) is 14.7 Å². The summed E-state index contributed by atoms with van der Waals surface area (Å²) in [6.07, 6.45) is 0.552. The standard InChI is InChI=1S/C24H23NO3/c26-22(16-19-10-4-1-5-11-19)25-24(23(27)28,17-20-12-6-2-7-13-20)18-21-14-8-3-9-15-21/h1-15H,16-18H2,(H,25,26)(H,27,28). The number of carbonyl (C=O) groups excluding carboxylic acids is 1. The van der Waals surface area contributed by atoms with Crippen LogP contribution < -0.4 is 5.32 Å². The molecule has 0 aliphatic heterocycles. The molecule has 2 N–H and O–H groups in total. The number of benzene rings is 3. The van der Waals surface area contributed by atoms with Gasteiger partial charge in [0.2, 0.25) is 5.91 Å². The maximum Gasteiger partial charge on any atom is 0.330 e. The molecular weight excluding hydrogens is 350 g/mol. The molecule has 0 saturated heterocycles. The van der Waals surface area contributed by atoms with E-state index in [2.05, 4.69) is 5.32 Å². The van der Waals surface area contributed by atoms with Gasteiger partial charge in [-0.2, -0.15) is 0 Å². The van der Waals surface area contributed by atoms with Crippen molar-refractivity contribution >= 4 is 11.9 Å². The number of nitrogens with one attached hydrogen (secondary N) is 1. The molecule has 0 unspecified atom stereocenters. The molecule has 28 heavy (non-hydrogen) atoms. The summed E-state index contributed by atoms with van der Waals surface area (Å²) in [5.41, 5.74) is 1.15. The molecule has 3 rings (SSSR count). The Kier molecular flexibility index (Phi) is 6.22. The van der Waals surface area contributed by atoms with Gasteiger partial charge >= 0.3 is 5.97 Å². The third kappa shape index (κ3) is 5.07. The number of rotatable bonds is 8. The highest BCUT2D eigenvalue weighted by atomic mass is 16.4. The normalized spacial score (nSPS) is 11.0. The molecule has 3 aromatic carbocycles. The van der Waals surface area contributed by atoms with Crippen molar-refractivity contribution in [3.05, 3.63) is 108 Å². The fourth-order valence-electron chi connectivity index (χ4n) is 3.34. The van der Waals surface area contributed by atoms with Crippen LogP contribution in [0.1, 0.15) is 16.7 Å². The number of aliphatic carboxylic acids is 1. The average Bonchev–Trinajstić information content (AvgIpc) is 2.70. The Morgan fingerprint density at radius 2 is 1.07 bits per heavy atom. The predicted molar refractivity (Wildman–Crippen MR) is 109 cm³/mol. The van der Waals surface area contributed by atoms with Crippen LogP contribution in [0, 0.1) is 0 Å². The average molecular weight is 373 g/mol. The van der Waals surface area contributed by atoms with Crippen molar-refractivity contribution in [3.8, 4) is 0 Å². The highest BCUT2D eigenvalue weighted by Gasteiger charge is 2.40. The molecular formula is C24H23NO3. The second-order valence-corrected chi connectivity index (χ2v) is 6.92.